The maximum absolute atomic E-state index is 7.69. The SMILES string of the molecule is CCCCP(C12CC3CC(CC(C3)C1)C2)C12CC3CC(CC(C3)C1)C2.[Cl-].[NH-]c1ccccc1-c1[c-]cccc1.[Pd]. The van der Waals surface area contributed by atoms with E-state index in [1.54, 1.807) is 95.7 Å². The molecule has 8 bridgehead atoms. The molecule has 2 aromatic rings. The van der Waals surface area contributed by atoms with Gasteiger partial charge >= 0.3 is 0 Å². The first kappa shape index (κ1) is 31.1. The maximum atomic E-state index is 7.69. The van der Waals surface area contributed by atoms with E-state index in [1.807, 2.05) is 42.5 Å². The van der Waals surface area contributed by atoms with Crippen LogP contribution in [-0.4, -0.2) is 16.5 Å². The third-order valence-electron chi connectivity index (χ3n) is 11.8. The largest absolute Gasteiger partial charge is 1.00 e. The van der Waals surface area contributed by atoms with Crippen molar-refractivity contribution in [2.75, 3.05) is 6.16 Å². The molecule has 8 aliphatic rings. The van der Waals surface area contributed by atoms with E-state index in [9.17, 15) is 0 Å². The molecular weight excluding hydrogens is 619 g/mol. The minimum Gasteiger partial charge on any atom is -1.00 e. The van der Waals surface area contributed by atoms with Crippen LogP contribution in [0.5, 0.6) is 0 Å². The summed E-state index contributed by atoms with van der Waals surface area (Å²) >= 11 is 0. The molecule has 0 atom stereocenters. The molecular formula is C36H48ClNPPd-3. The van der Waals surface area contributed by atoms with Gasteiger partial charge in [0.25, 0.3) is 0 Å². The Kier molecular flexibility index (Phi) is 9.86. The third-order valence-corrected chi connectivity index (χ3v) is 16.0. The molecule has 8 fully saturated rings. The molecule has 10 rings (SSSR count). The van der Waals surface area contributed by atoms with Crippen LogP contribution in [0.2, 0.25) is 0 Å². The van der Waals surface area contributed by atoms with Crippen LogP contribution in [0.1, 0.15) is 96.8 Å². The summed E-state index contributed by atoms with van der Waals surface area (Å²) in [5.41, 5.74) is 10.1. The molecule has 8 aliphatic carbocycles. The molecule has 1 nitrogen and oxygen atoms in total. The Labute approximate surface area is 265 Å². The van der Waals surface area contributed by atoms with Crippen molar-refractivity contribution in [1.82, 2.24) is 0 Å². The second-order valence-corrected chi connectivity index (χ2v) is 17.8. The molecule has 0 aromatic heterocycles. The number of benzene rings is 2. The van der Waals surface area contributed by atoms with Gasteiger partial charge in [-0.15, -0.1) is 41.5 Å². The summed E-state index contributed by atoms with van der Waals surface area (Å²) in [5.74, 6) is 6.95. The molecule has 0 radical (unpaired) electrons. The van der Waals surface area contributed by atoms with Crippen LogP contribution in [0.3, 0.4) is 0 Å². The second-order valence-electron chi connectivity index (χ2n) is 14.6. The Balaban J connectivity index is 0.000000185. The van der Waals surface area contributed by atoms with Gasteiger partial charge in [-0.1, -0.05) is 45.5 Å². The Bertz CT molecular complexity index is 1000. The maximum Gasteiger partial charge on any atom is 0 e. The second kappa shape index (κ2) is 12.7. The summed E-state index contributed by atoms with van der Waals surface area (Å²) < 4.78 is 0. The summed E-state index contributed by atoms with van der Waals surface area (Å²) in [5, 5.41) is 1.76. The zero-order valence-electron chi connectivity index (χ0n) is 24.3. The van der Waals surface area contributed by atoms with E-state index in [2.05, 4.69) is 13.0 Å². The summed E-state index contributed by atoms with van der Waals surface area (Å²) in [7, 11) is 0.285. The van der Waals surface area contributed by atoms with Crippen molar-refractivity contribution in [3.63, 3.8) is 0 Å². The first-order valence-corrected chi connectivity index (χ1v) is 17.6. The average Bonchev–Trinajstić information content (AvgIpc) is 2.88. The van der Waals surface area contributed by atoms with Gasteiger partial charge in [-0.25, -0.2) is 0 Å². The van der Waals surface area contributed by atoms with Crippen LogP contribution in [0, 0.1) is 41.6 Å². The summed E-state index contributed by atoms with van der Waals surface area (Å²) in [4.78, 5) is 0. The van der Waals surface area contributed by atoms with Crippen LogP contribution in [0.15, 0.2) is 48.5 Å². The molecule has 4 heteroatoms. The average molecular weight is 668 g/mol. The quantitative estimate of drug-likeness (QED) is 0.169. The van der Waals surface area contributed by atoms with Crippen LogP contribution >= 0.6 is 7.92 Å². The number of unbranched alkanes of at least 4 members (excludes halogenated alkanes) is 1. The van der Waals surface area contributed by atoms with E-state index < -0.39 is 0 Å². The van der Waals surface area contributed by atoms with Crippen molar-refractivity contribution in [3.8, 4) is 11.1 Å². The van der Waals surface area contributed by atoms with Gasteiger partial charge < -0.3 is 18.1 Å². The van der Waals surface area contributed by atoms with Gasteiger partial charge in [0.05, 0.1) is 0 Å². The van der Waals surface area contributed by atoms with Gasteiger partial charge in [0.2, 0.25) is 0 Å². The molecule has 0 heterocycles. The van der Waals surface area contributed by atoms with E-state index in [-0.39, 0.29) is 40.8 Å². The summed E-state index contributed by atoms with van der Waals surface area (Å²) in [6.07, 6.45) is 24.6. The van der Waals surface area contributed by atoms with Gasteiger partial charge in [0, 0.05) is 20.4 Å². The Morgan fingerprint density at radius 1 is 0.725 bits per heavy atom. The van der Waals surface area contributed by atoms with Crippen LogP contribution < -0.4 is 12.4 Å². The Morgan fingerprint density at radius 3 is 1.57 bits per heavy atom. The van der Waals surface area contributed by atoms with Crippen molar-refractivity contribution >= 4 is 13.6 Å². The zero-order chi connectivity index (χ0) is 25.7. The van der Waals surface area contributed by atoms with Crippen LogP contribution in [-0.2, 0) is 20.4 Å². The van der Waals surface area contributed by atoms with E-state index >= 15 is 0 Å². The monoisotopic (exact) mass is 666 g/mol. The Hall–Kier alpha value is -0.378. The van der Waals surface area contributed by atoms with Crippen molar-refractivity contribution in [2.45, 2.75) is 107 Å². The van der Waals surface area contributed by atoms with Crippen LogP contribution in [0.4, 0.5) is 5.69 Å². The predicted molar refractivity (Wildman–Crippen MR) is 163 cm³/mol. The van der Waals surface area contributed by atoms with Crippen molar-refractivity contribution in [2.24, 2.45) is 35.5 Å². The summed E-state index contributed by atoms with van der Waals surface area (Å²) in [6.45, 7) is 2.45. The molecule has 2 aromatic carbocycles. The van der Waals surface area contributed by atoms with Gasteiger partial charge in [0.1, 0.15) is 0 Å². The number of nitrogens with one attached hydrogen (secondary N) is 1. The molecule has 0 amide bonds. The zero-order valence-corrected chi connectivity index (χ0v) is 27.5. The van der Waals surface area contributed by atoms with Gasteiger partial charge in [-0.2, -0.15) is 5.69 Å². The normalized spacial score (nSPS) is 38.5. The smallest absolute Gasteiger partial charge is 0 e. The molecule has 1 N–H and O–H groups in total. The van der Waals surface area contributed by atoms with Gasteiger partial charge in [-0.3, -0.25) is 0 Å². The van der Waals surface area contributed by atoms with E-state index in [0.29, 0.717) is 5.69 Å². The molecule has 222 valence electrons. The van der Waals surface area contributed by atoms with Crippen LogP contribution in [0.25, 0.3) is 16.9 Å². The standard InChI is InChI=1S/C24H39P.C12H9N.ClH.Pd/c1-2-3-4-25(23-11-17-5-18(12-23)7-19(6-17)13-23)24-14-20-8-21(15-24)10-22(9-20)16-24;13-12-9-5-4-8-11(12)10-6-2-1-3-7-10;;/h17-22H,2-16H2,1H3;1-6,8-9,13H;1H;/q;-2;;/p-1. The molecule has 0 unspecified atom stereocenters. The van der Waals surface area contributed by atoms with E-state index in [1.165, 1.54) is 6.42 Å². The molecule has 8 saturated carbocycles. The molecule has 0 spiro atoms. The number of hydrogen-bond acceptors (Lipinski definition) is 0. The van der Waals surface area contributed by atoms with Gasteiger partial charge in [0.15, 0.2) is 0 Å². The minimum atomic E-state index is 0. The van der Waals surface area contributed by atoms with Gasteiger partial charge in [-0.05, 0) is 135 Å². The first-order valence-electron chi connectivity index (χ1n) is 16.1. The first-order chi connectivity index (χ1) is 18.5. The van der Waals surface area contributed by atoms with Crippen molar-refractivity contribution in [3.05, 3.63) is 60.3 Å². The molecule has 0 aliphatic heterocycles. The minimum absolute atomic E-state index is 0. The topological polar surface area (TPSA) is 23.8 Å². The number of rotatable bonds is 6. The number of hydrogen-bond donors (Lipinski definition) is 0. The van der Waals surface area contributed by atoms with E-state index in [0.717, 1.165) is 56.9 Å². The predicted octanol–water partition coefficient (Wildman–Crippen LogP) is 8.04. The number of halogens is 1. The fourth-order valence-electron chi connectivity index (χ4n) is 11.4. The fraction of sp³-hybridized carbons (Fsp3) is 0.667. The third kappa shape index (κ3) is 5.88. The molecule has 40 heavy (non-hydrogen) atoms. The van der Waals surface area contributed by atoms with Crippen molar-refractivity contribution in [1.29, 1.82) is 0 Å². The fourth-order valence-corrected chi connectivity index (χ4v) is 16.8. The molecule has 0 saturated heterocycles. The van der Waals surface area contributed by atoms with Crippen molar-refractivity contribution < 1.29 is 32.8 Å². The van der Waals surface area contributed by atoms with E-state index in [4.69, 9.17) is 5.73 Å². The Morgan fingerprint density at radius 2 is 1.18 bits per heavy atom. The summed E-state index contributed by atoms with van der Waals surface area (Å²) in [6, 6.07) is 18.4.